The van der Waals surface area contributed by atoms with Crippen molar-refractivity contribution in [1.82, 2.24) is 5.32 Å². The van der Waals surface area contributed by atoms with Gasteiger partial charge in [0, 0.05) is 6.42 Å². The Kier molecular flexibility index (Phi) is 5.16. The average Bonchev–Trinajstić information content (AvgIpc) is 3.33. The molecule has 3 unspecified atom stereocenters. The predicted octanol–water partition coefficient (Wildman–Crippen LogP) is 3.79. The van der Waals surface area contributed by atoms with Crippen molar-refractivity contribution in [2.75, 3.05) is 4.90 Å². The van der Waals surface area contributed by atoms with Crippen LogP contribution in [0.2, 0.25) is 0 Å². The number of fused-ring (bicyclic) bond motifs is 5. The quantitative estimate of drug-likeness (QED) is 0.644. The molecule has 0 radical (unpaired) electrons. The third kappa shape index (κ3) is 3.44. The normalized spacial score (nSPS) is 30.8. The van der Waals surface area contributed by atoms with Crippen molar-refractivity contribution in [3.63, 3.8) is 0 Å². The Hall–Kier alpha value is -3.91. The minimum atomic E-state index is -4.85. The number of para-hydroxylation sites is 1. The van der Waals surface area contributed by atoms with Crippen LogP contribution >= 0.6 is 0 Å². The number of nitriles is 1. The summed E-state index contributed by atoms with van der Waals surface area (Å²) in [5.74, 6) is -3.07. The van der Waals surface area contributed by atoms with Crippen LogP contribution in [0.4, 0.5) is 23.7 Å². The number of amides is 3. The van der Waals surface area contributed by atoms with Gasteiger partial charge in [-0.25, -0.2) is 9.69 Å². The number of rotatable bonds is 3. The lowest BCUT2D eigenvalue weighted by Crippen LogP contribution is -2.56. The Morgan fingerprint density at radius 3 is 2.44 bits per heavy atom. The number of alkyl halides is 3. The van der Waals surface area contributed by atoms with Crippen LogP contribution in [0.1, 0.15) is 31.4 Å². The van der Waals surface area contributed by atoms with Gasteiger partial charge in [-0.2, -0.15) is 18.4 Å². The molecule has 5 atom stereocenters. The second kappa shape index (κ2) is 7.80. The summed E-state index contributed by atoms with van der Waals surface area (Å²) >= 11 is 0. The highest BCUT2D eigenvalue weighted by Gasteiger charge is 2.76. The van der Waals surface area contributed by atoms with E-state index in [2.05, 4.69) is 5.32 Å². The average molecular weight is 499 g/mol. The fourth-order valence-electron chi connectivity index (χ4n) is 5.78. The molecule has 186 valence electrons. The molecule has 2 bridgehead atoms. The van der Waals surface area contributed by atoms with Crippen molar-refractivity contribution in [3.05, 3.63) is 59.7 Å². The zero-order chi connectivity index (χ0) is 26.0. The molecule has 3 aliphatic heterocycles. The number of halogens is 3. The maximum Gasteiger partial charge on any atom is 0.417 e. The predicted molar refractivity (Wildman–Crippen MR) is 118 cm³/mol. The van der Waals surface area contributed by atoms with Gasteiger partial charge in [-0.15, -0.1) is 0 Å². The molecule has 3 aliphatic rings. The topological polar surface area (TPSA) is 109 Å². The summed E-state index contributed by atoms with van der Waals surface area (Å²) in [7, 11) is 0. The van der Waals surface area contributed by atoms with Crippen molar-refractivity contribution < 1.29 is 37.0 Å². The Morgan fingerprint density at radius 1 is 1.14 bits per heavy atom. The number of ether oxygens (including phenoxy) is 2. The van der Waals surface area contributed by atoms with E-state index in [0.717, 1.165) is 17.0 Å². The fourth-order valence-corrected chi connectivity index (χ4v) is 5.78. The molecule has 3 amide bonds. The van der Waals surface area contributed by atoms with Gasteiger partial charge in [-0.1, -0.05) is 18.2 Å². The summed E-state index contributed by atoms with van der Waals surface area (Å²) in [5.41, 5.74) is -4.56. The second-order valence-electron chi connectivity index (χ2n) is 9.51. The zero-order valence-corrected chi connectivity index (χ0v) is 19.1. The number of hydrogen-bond acceptors (Lipinski definition) is 6. The molecule has 3 fully saturated rings. The Morgan fingerprint density at radius 2 is 1.81 bits per heavy atom. The fraction of sp³-hybridized carbons (Fsp3) is 0.360. The Balaban J connectivity index is 1.44. The van der Waals surface area contributed by atoms with Gasteiger partial charge in [-0.3, -0.25) is 9.59 Å². The molecular formula is C25H20F3N3O5. The lowest BCUT2D eigenvalue weighted by Gasteiger charge is -2.35. The lowest BCUT2D eigenvalue weighted by atomic mass is 9.66. The van der Waals surface area contributed by atoms with E-state index in [1.54, 1.807) is 44.2 Å². The molecule has 11 heteroatoms. The number of imide groups is 1. The third-order valence-corrected chi connectivity index (χ3v) is 7.27. The van der Waals surface area contributed by atoms with Crippen LogP contribution in [-0.2, 0) is 20.5 Å². The maximum atomic E-state index is 13.5. The minimum absolute atomic E-state index is 0.197. The first kappa shape index (κ1) is 23.8. The lowest BCUT2D eigenvalue weighted by molar-refractivity contribution is -0.138. The monoisotopic (exact) mass is 499 g/mol. The van der Waals surface area contributed by atoms with Crippen LogP contribution in [0, 0.1) is 23.2 Å². The molecule has 2 aromatic carbocycles. The molecule has 0 saturated carbocycles. The first-order valence-corrected chi connectivity index (χ1v) is 11.1. The summed E-state index contributed by atoms with van der Waals surface area (Å²) in [6, 6.07) is 11.8. The van der Waals surface area contributed by atoms with Gasteiger partial charge in [0.2, 0.25) is 11.8 Å². The summed E-state index contributed by atoms with van der Waals surface area (Å²) in [5, 5.41) is 11.8. The number of carbonyl (C=O) groups is 3. The van der Waals surface area contributed by atoms with E-state index in [9.17, 15) is 27.6 Å². The summed E-state index contributed by atoms with van der Waals surface area (Å²) in [4.78, 5) is 40.1. The highest BCUT2D eigenvalue weighted by atomic mass is 19.4. The number of carbonyl (C=O) groups excluding carboxylic acids is 3. The number of anilines is 1. The smallest absolute Gasteiger partial charge is 0.410 e. The second-order valence-corrected chi connectivity index (χ2v) is 9.51. The number of hydrogen-bond donors (Lipinski definition) is 1. The third-order valence-electron chi connectivity index (χ3n) is 7.27. The van der Waals surface area contributed by atoms with Crippen LogP contribution in [0.5, 0.6) is 5.75 Å². The van der Waals surface area contributed by atoms with Gasteiger partial charge < -0.3 is 14.8 Å². The van der Waals surface area contributed by atoms with E-state index in [0.29, 0.717) is 11.8 Å². The summed E-state index contributed by atoms with van der Waals surface area (Å²) in [6.45, 7) is 3.25. The van der Waals surface area contributed by atoms with E-state index >= 15 is 0 Å². The Labute approximate surface area is 203 Å². The summed E-state index contributed by atoms with van der Waals surface area (Å²) in [6.07, 6.45) is -5.42. The van der Waals surface area contributed by atoms with Gasteiger partial charge in [0.15, 0.2) is 0 Å². The molecule has 0 aliphatic carbocycles. The largest absolute Gasteiger partial charge is 0.417 e. The van der Waals surface area contributed by atoms with Crippen molar-refractivity contribution in [2.45, 2.75) is 43.7 Å². The molecule has 3 saturated heterocycles. The minimum Gasteiger partial charge on any atom is -0.410 e. The molecule has 0 spiro atoms. The Bertz CT molecular complexity index is 1320. The standard InChI is InChI=1S/C25H20F3N3O5/c1-23-11-17(30-22(34)35-15-6-4-3-5-7-15)24(2,36-23)19-18(23)20(32)31(21(19)33)14-9-8-13(12-29)16(10-14)25(26,27)28/h3-10,17-19H,11H2,1-2H3,(H,30,34)/t17-,18?,19+,23?,24?/m1/s1. The number of nitrogens with zero attached hydrogens (tertiary/aromatic N) is 2. The first-order valence-electron chi connectivity index (χ1n) is 11.1. The molecule has 1 N–H and O–H groups in total. The first-order chi connectivity index (χ1) is 16.9. The van der Waals surface area contributed by atoms with E-state index < -0.39 is 64.3 Å². The van der Waals surface area contributed by atoms with Crippen molar-refractivity contribution in [1.29, 1.82) is 5.26 Å². The van der Waals surface area contributed by atoms with Crippen LogP contribution in [0.15, 0.2) is 48.5 Å². The van der Waals surface area contributed by atoms with E-state index in [-0.39, 0.29) is 12.1 Å². The molecule has 2 aromatic rings. The molecule has 5 rings (SSSR count). The van der Waals surface area contributed by atoms with Crippen molar-refractivity contribution in [3.8, 4) is 11.8 Å². The van der Waals surface area contributed by atoms with E-state index in [1.807, 2.05) is 0 Å². The van der Waals surface area contributed by atoms with Gasteiger partial charge in [0.25, 0.3) is 0 Å². The molecular weight excluding hydrogens is 479 g/mol. The van der Waals surface area contributed by atoms with Crippen LogP contribution in [0.3, 0.4) is 0 Å². The van der Waals surface area contributed by atoms with Gasteiger partial charge >= 0.3 is 12.3 Å². The summed E-state index contributed by atoms with van der Waals surface area (Å²) < 4.78 is 51.9. The van der Waals surface area contributed by atoms with Gasteiger partial charge in [0.1, 0.15) is 5.75 Å². The number of benzene rings is 2. The molecule has 8 nitrogen and oxygen atoms in total. The molecule has 36 heavy (non-hydrogen) atoms. The highest BCUT2D eigenvalue weighted by Crippen LogP contribution is 2.61. The molecule has 0 aromatic heterocycles. The van der Waals surface area contributed by atoms with Crippen LogP contribution < -0.4 is 15.0 Å². The van der Waals surface area contributed by atoms with Crippen molar-refractivity contribution >= 4 is 23.6 Å². The van der Waals surface area contributed by atoms with Crippen molar-refractivity contribution in [2.24, 2.45) is 11.8 Å². The maximum absolute atomic E-state index is 13.5. The van der Waals surface area contributed by atoms with Gasteiger partial charge in [0.05, 0.1) is 52.0 Å². The van der Waals surface area contributed by atoms with Gasteiger partial charge in [-0.05, 0) is 44.2 Å². The SMILES string of the molecule is CC12C[C@@H](NC(=O)Oc3ccccc3)C(C)(O1)[C@@H]1C(=O)N(c3ccc(C#N)c(C(F)(F)F)c3)C(=O)C12. The zero-order valence-electron chi connectivity index (χ0n) is 19.1. The highest BCUT2D eigenvalue weighted by molar-refractivity contribution is 6.23. The van der Waals surface area contributed by atoms with Crippen LogP contribution in [0.25, 0.3) is 0 Å². The van der Waals surface area contributed by atoms with Crippen LogP contribution in [-0.4, -0.2) is 35.2 Å². The molecule has 3 heterocycles. The number of nitrogens with one attached hydrogen (secondary N) is 1. The van der Waals surface area contributed by atoms with E-state index in [4.69, 9.17) is 14.7 Å². The van der Waals surface area contributed by atoms with E-state index in [1.165, 1.54) is 6.07 Å².